The van der Waals surface area contributed by atoms with Crippen LogP contribution in [0.2, 0.25) is 0 Å². The number of pyridine rings is 1. The predicted molar refractivity (Wildman–Crippen MR) is 132 cm³/mol. The number of anilines is 1. The van der Waals surface area contributed by atoms with Gasteiger partial charge in [0.1, 0.15) is 11.5 Å². The number of ketones is 1. The lowest BCUT2D eigenvalue weighted by Gasteiger charge is -2.27. The Kier molecular flexibility index (Phi) is 6.00. The summed E-state index contributed by atoms with van der Waals surface area (Å²) in [4.78, 5) is 32.2. The molecule has 0 spiro atoms. The molecular weight excluding hydrogens is 428 g/mol. The summed E-state index contributed by atoms with van der Waals surface area (Å²) in [5.41, 5.74) is 3.27. The van der Waals surface area contributed by atoms with Gasteiger partial charge in [0.2, 0.25) is 0 Å². The SMILES string of the molecule is COc1ccc(/C(O)=C2/C(=O)C(=O)N(c3ccccc3C)C2c2ccncc2)cc1C(C)(C)C. The zero-order valence-electron chi connectivity index (χ0n) is 20.0. The molecule has 3 aromatic rings. The van der Waals surface area contributed by atoms with E-state index in [4.69, 9.17) is 4.74 Å². The number of ether oxygens (including phenoxy) is 1. The fourth-order valence-corrected chi connectivity index (χ4v) is 4.37. The molecule has 1 aliphatic rings. The van der Waals surface area contributed by atoms with Crippen molar-refractivity contribution in [1.82, 2.24) is 4.98 Å². The molecule has 2 heterocycles. The minimum Gasteiger partial charge on any atom is -0.507 e. The minimum absolute atomic E-state index is 0.0458. The van der Waals surface area contributed by atoms with Crippen molar-refractivity contribution in [1.29, 1.82) is 0 Å². The second-order valence-electron chi connectivity index (χ2n) is 9.40. The van der Waals surface area contributed by atoms with Gasteiger partial charge in [-0.2, -0.15) is 0 Å². The Morgan fingerprint density at radius 2 is 1.71 bits per heavy atom. The number of nitrogens with zero attached hydrogens (tertiary/aromatic N) is 2. The highest BCUT2D eigenvalue weighted by Crippen LogP contribution is 2.43. The molecule has 1 unspecified atom stereocenters. The lowest BCUT2D eigenvalue weighted by molar-refractivity contribution is -0.132. The Bertz CT molecular complexity index is 1290. The molecule has 0 saturated carbocycles. The Morgan fingerprint density at radius 3 is 2.32 bits per heavy atom. The van der Waals surface area contributed by atoms with Gasteiger partial charge in [0.05, 0.1) is 18.7 Å². The highest BCUT2D eigenvalue weighted by molar-refractivity contribution is 6.51. The molecule has 4 rings (SSSR count). The van der Waals surface area contributed by atoms with E-state index in [1.807, 2.05) is 52.0 Å². The molecule has 2 aromatic carbocycles. The lowest BCUT2D eigenvalue weighted by Crippen LogP contribution is -2.30. The molecule has 0 radical (unpaired) electrons. The van der Waals surface area contributed by atoms with Crippen LogP contribution in [-0.2, 0) is 15.0 Å². The summed E-state index contributed by atoms with van der Waals surface area (Å²) in [6.45, 7) is 8.02. The van der Waals surface area contributed by atoms with Crippen molar-refractivity contribution in [2.24, 2.45) is 0 Å². The van der Waals surface area contributed by atoms with Gasteiger partial charge in [-0.3, -0.25) is 19.5 Å². The Hall–Kier alpha value is -3.93. The van der Waals surface area contributed by atoms with Gasteiger partial charge in [-0.1, -0.05) is 39.0 Å². The van der Waals surface area contributed by atoms with Crippen molar-refractivity contribution in [2.45, 2.75) is 39.2 Å². The summed E-state index contributed by atoms with van der Waals surface area (Å²) in [5.74, 6) is -0.933. The summed E-state index contributed by atoms with van der Waals surface area (Å²) in [6, 6.07) is 15.4. The van der Waals surface area contributed by atoms with Crippen LogP contribution < -0.4 is 9.64 Å². The molecule has 34 heavy (non-hydrogen) atoms. The van der Waals surface area contributed by atoms with Crippen molar-refractivity contribution in [2.75, 3.05) is 12.0 Å². The standard InChI is InChI=1S/C28H28N2O4/c1-17-8-6-7-9-21(17)30-24(18-12-14-29-15-13-18)23(26(32)27(30)33)25(31)19-10-11-22(34-5)20(16-19)28(2,3)4/h6-16,24,31H,1-5H3/b25-23-. The quantitative estimate of drug-likeness (QED) is 0.326. The first-order valence-corrected chi connectivity index (χ1v) is 11.1. The average molecular weight is 457 g/mol. The summed E-state index contributed by atoms with van der Waals surface area (Å²) in [6.07, 6.45) is 3.22. The van der Waals surface area contributed by atoms with Gasteiger partial charge >= 0.3 is 0 Å². The number of aliphatic hydroxyl groups is 1. The van der Waals surface area contributed by atoms with E-state index in [0.717, 1.165) is 11.1 Å². The average Bonchev–Trinajstić information content (AvgIpc) is 3.09. The molecule has 6 heteroatoms. The minimum atomic E-state index is -0.788. The van der Waals surface area contributed by atoms with Crippen molar-refractivity contribution in [3.05, 3.63) is 94.8 Å². The number of amides is 1. The van der Waals surface area contributed by atoms with Crippen LogP contribution in [0.5, 0.6) is 5.75 Å². The molecule has 0 aliphatic carbocycles. The zero-order chi connectivity index (χ0) is 24.6. The van der Waals surface area contributed by atoms with E-state index < -0.39 is 17.7 Å². The van der Waals surface area contributed by atoms with Crippen LogP contribution in [0.15, 0.2) is 72.6 Å². The van der Waals surface area contributed by atoms with Crippen LogP contribution in [0.3, 0.4) is 0 Å². The highest BCUT2D eigenvalue weighted by Gasteiger charge is 2.47. The summed E-state index contributed by atoms with van der Waals surface area (Å²) < 4.78 is 5.51. The molecule has 1 N–H and O–H groups in total. The fraction of sp³-hybridized carbons (Fsp3) is 0.250. The molecule has 1 amide bonds. The summed E-state index contributed by atoms with van der Waals surface area (Å²) in [5, 5.41) is 11.5. The van der Waals surface area contributed by atoms with E-state index in [0.29, 0.717) is 22.6 Å². The first kappa shape index (κ1) is 23.2. The molecular formula is C28H28N2O4. The summed E-state index contributed by atoms with van der Waals surface area (Å²) in [7, 11) is 1.60. The van der Waals surface area contributed by atoms with Gasteiger partial charge in [-0.25, -0.2) is 0 Å². The maximum atomic E-state index is 13.4. The first-order valence-electron chi connectivity index (χ1n) is 11.1. The number of benzene rings is 2. The number of Topliss-reactive ketones (excluding diaryl/α,β-unsaturated/α-hetero) is 1. The number of methoxy groups -OCH3 is 1. The Balaban J connectivity index is 1.97. The number of para-hydroxylation sites is 1. The monoisotopic (exact) mass is 456 g/mol. The number of rotatable bonds is 4. The largest absolute Gasteiger partial charge is 0.507 e. The lowest BCUT2D eigenvalue weighted by atomic mass is 9.84. The molecule has 1 aromatic heterocycles. The van der Waals surface area contributed by atoms with E-state index in [1.165, 1.54) is 4.90 Å². The van der Waals surface area contributed by atoms with Crippen molar-refractivity contribution < 1.29 is 19.4 Å². The van der Waals surface area contributed by atoms with Crippen LogP contribution in [-0.4, -0.2) is 28.9 Å². The zero-order valence-corrected chi connectivity index (χ0v) is 20.0. The third-order valence-electron chi connectivity index (χ3n) is 6.12. The molecule has 1 atom stereocenters. The van der Waals surface area contributed by atoms with Crippen LogP contribution >= 0.6 is 0 Å². The van der Waals surface area contributed by atoms with Crippen LogP contribution in [0, 0.1) is 6.92 Å². The molecule has 1 fully saturated rings. The van der Waals surface area contributed by atoms with Gasteiger partial charge < -0.3 is 9.84 Å². The van der Waals surface area contributed by atoms with Gasteiger partial charge in [-0.15, -0.1) is 0 Å². The van der Waals surface area contributed by atoms with Gasteiger partial charge in [0.25, 0.3) is 11.7 Å². The van der Waals surface area contributed by atoms with E-state index in [2.05, 4.69) is 4.98 Å². The predicted octanol–water partition coefficient (Wildman–Crippen LogP) is 5.32. The number of hydrogen-bond donors (Lipinski definition) is 1. The second-order valence-corrected chi connectivity index (χ2v) is 9.40. The summed E-state index contributed by atoms with van der Waals surface area (Å²) >= 11 is 0. The number of aromatic nitrogens is 1. The van der Waals surface area contributed by atoms with Crippen molar-refractivity contribution in [3.63, 3.8) is 0 Å². The number of carbonyl (C=O) groups excluding carboxylic acids is 2. The van der Waals surface area contributed by atoms with Gasteiger partial charge in [-0.05, 0) is 59.9 Å². The number of aliphatic hydroxyl groups excluding tert-OH is 1. The van der Waals surface area contributed by atoms with E-state index >= 15 is 0 Å². The molecule has 6 nitrogen and oxygen atoms in total. The van der Waals surface area contributed by atoms with Crippen LogP contribution in [0.25, 0.3) is 5.76 Å². The normalized spacial score (nSPS) is 17.8. The molecule has 0 bridgehead atoms. The van der Waals surface area contributed by atoms with Crippen LogP contribution in [0.1, 0.15) is 49.1 Å². The maximum Gasteiger partial charge on any atom is 0.300 e. The van der Waals surface area contributed by atoms with E-state index in [9.17, 15) is 14.7 Å². The highest BCUT2D eigenvalue weighted by atomic mass is 16.5. The molecule has 174 valence electrons. The Morgan fingerprint density at radius 1 is 1.03 bits per heavy atom. The first-order chi connectivity index (χ1) is 16.1. The van der Waals surface area contributed by atoms with E-state index in [1.54, 1.807) is 49.8 Å². The van der Waals surface area contributed by atoms with Crippen molar-refractivity contribution >= 4 is 23.1 Å². The number of hydrogen-bond acceptors (Lipinski definition) is 5. The fourth-order valence-electron chi connectivity index (χ4n) is 4.37. The van der Waals surface area contributed by atoms with Gasteiger partial charge in [0, 0.05) is 29.2 Å². The Labute approximate surface area is 199 Å². The second kappa shape index (κ2) is 8.78. The third kappa shape index (κ3) is 3.96. The van der Waals surface area contributed by atoms with Gasteiger partial charge in [0.15, 0.2) is 0 Å². The third-order valence-corrected chi connectivity index (χ3v) is 6.12. The van der Waals surface area contributed by atoms with E-state index in [-0.39, 0.29) is 16.7 Å². The smallest absolute Gasteiger partial charge is 0.300 e. The van der Waals surface area contributed by atoms with Crippen LogP contribution in [0.4, 0.5) is 5.69 Å². The topological polar surface area (TPSA) is 79.7 Å². The van der Waals surface area contributed by atoms with Crippen molar-refractivity contribution in [3.8, 4) is 5.75 Å². The number of aryl methyl sites for hydroxylation is 1. The number of carbonyl (C=O) groups is 2. The maximum absolute atomic E-state index is 13.4. The molecule has 1 aliphatic heterocycles. The molecule has 1 saturated heterocycles.